The monoisotopic (exact) mass is 260 g/mol. The second-order valence-corrected chi connectivity index (χ2v) is 6.03. The molecule has 1 aromatic rings. The zero-order valence-electron chi connectivity index (χ0n) is 11.3. The molecule has 102 valence electrons. The van der Waals surface area contributed by atoms with Crippen LogP contribution >= 0.6 is 0 Å². The van der Waals surface area contributed by atoms with Crippen LogP contribution in [0, 0.1) is 11.8 Å². The number of hydrogen-bond acceptors (Lipinski definition) is 2. The van der Waals surface area contributed by atoms with Crippen molar-refractivity contribution >= 4 is 5.97 Å². The number of fused-ring (bicyclic) bond motifs is 2. The van der Waals surface area contributed by atoms with Crippen LogP contribution < -0.4 is 4.74 Å². The highest BCUT2D eigenvalue weighted by molar-refractivity contribution is 5.69. The van der Waals surface area contributed by atoms with E-state index in [1.807, 2.05) is 19.1 Å². The molecule has 3 nitrogen and oxygen atoms in total. The SMILES string of the molecule is CC(C(=O)O)C1CCC2(CC1)COc1ccccc12. The van der Waals surface area contributed by atoms with Crippen molar-refractivity contribution in [3.8, 4) is 5.75 Å². The first-order chi connectivity index (χ1) is 9.12. The maximum absolute atomic E-state index is 11.1. The summed E-state index contributed by atoms with van der Waals surface area (Å²) in [7, 11) is 0. The van der Waals surface area contributed by atoms with Crippen molar-refractivity contribution in [3.63, 3.8) is 0 Å². The smallest absolute Gasteiger partial charge is 0.306 e. The molecule has 2 aliphatic rings. The summed E-state index contributed by atoms with van der Waals surface area (Å²) in [5.41, 5.74) is 1.47. The van der Waals surface area contributed by atoms with Crippen LogP contribution in [-0.2, 0) is 10.2 Å². The summed E-state index contributed by atoms with van der Waals surface area (Å²) in [5.74, 6) is 0.446. The largest absolute Gasteiger partial charge is 0.492 e. The molecule has 1 N–H and O–H groups in total. The van der Waals surface area contributed by atoms with Crippen molar-refractivity contribution in [1.82, 2.24) is 0 Å². The van der Waals surface area contributed by atoms with Crippen molar-refractivity contribution in [2.45, 2.75) is 38.0 Å². The van der Waals surface area contributed by atoms with Crippen molar-refractivity contribution in [2.75, 3.05) is 6.61 Å². The van der Waals surface area contributed by atoms with Gasteiger partial charge in [0.15, 0.2) is 0 Å². The normalized spacial score (nSPS) is 30.7. The van der Waals surface area contributed by atoms with E-state index in [1.165, 1.54) is 5.56 Å². The van der Waals surface area contributed by atoms with Crippen LogP contribution in [0.2, 0.25) is 0 Å². The maximum Gasteiger partial charge on any atom is 0.306 e. The van der Waals surface area contributed by atoms with Crippen molar-refractivity contribution in [3.05, 3.63) is 29.8 Å². The number of carbonyl (C=O) groups is 1. The van der Waals surface area contributed by atoms with E-state index in [0.717, 1.165) is 38.0 Å². The number of carboxylic acid groups (broad SMARTS) is 1. The van der Waals surface area contributed by atoms with E-state index in [4.69, 9.17) is 9.84 Å². The van der Waals surface area contributed by atoms with E-state index in [0.29, 0.717) is 5.92 Å². The third-order valence-electron chi connectivity index (χ3n) is 5.05. The fourth-order valence-electron chi connectivity index (χ4n) is 3.63. The third kappa shape index (κ3) is 2.01. The molecule has 1 heterocycles. The summed E-state index contributed by atoms with van der Waals surface area (Å²) >= 11 is 0. The van der Waals surface area contributed by atoms with E-state index in [2.05, 4.69) is 12.1 Å². The van der Waals surface area contributed by atoms with E-state index < -0.39 is 5.97 Å². The molecule has 1 fully saturated rings. The second-order valence-electron chi connectivity index (χ2n) is 6.03. The Kier molecular flexibility index (Phi) is 3.00. The summed E-state index contributed by atoms with van der Waals surface area (Å²) in [4.78, 5) is 11.1. The van der Waals surface area contributed by atoms with Gasteiger partial charge < -0.3 is 9.84 Å². The Bertz CT molecular complexity index is 487. The molecule has 19 heavy (non-hydrogen) atoms. The number of rotatable bonds is 2. The van der Waals surface area contributed by atoms with Gasteiger partial charge in [-0.15, -0.1) is 0 Å². The standard InChI is InChI=1S/C16H20O3/c1-11(15(17)18)12-6-8-16(9-7-12)10-19-14-5-3-2-4-13(14)16/h2-5,11-12H,6-10H2,1H3,(H,17,18). The van der Waals surface area contributed by atoms with Gasteiger partial charge in [0, 0.05) is 11.0 Å². The third-order valence-corrected chi connectivity index (χ3v) is 5.05. The first-order valence-electron chi connectivity index (χ1n) is 7.07. The Hall–Kier alpha value is -1.51. The molecule has 0 amide bonds. The van der Waals surface area contributed by atoms with Crippen LogP contribution in [0.5, 0.6) is 5.75 Å². The van der Waals surface area contributed by atoms with Gasteiger partial charge in [0.2, 0.25) is 0 Å². The number of benzene rings is 1. The average Bonchev–Trinajstić information content (AvgIpc) is 2.78. The van der Waals surface area contributed by atoms with Gasteiger partial charge in [0.05, 0.1) is 12.5 Å². The molecule has 1 aliphatic carbocycles. The van der Waals surface area contributed by atoms with Crippen LogP contribution in [0.15, 0.2) is 24.3 Å². The lowest BCUT2D eigenvalue weighted by molar-refractivity contribution is -0.143. The molecule has 1 aromatic carbocycles. The lowest BCUT2D eigenvalue weighted by Gasteiger charge is -2.37. The maximum atomic E-state index is 11.1. The van der Waals surface area contributed by atoms with Crippen LogP contribution in [0.25, 0.3) is 0 Å². The fraction of sp³-hybridized carbons (Fsp3) is 0.562. The topological polar surface area (TPSA) is 46.5 Å². The van der Waals surface area contributed by atoms with E-state index in [-0.39, 0.29) is 11.3 Å². The molecule has 0 bridgehead atoms. The van der Waals surface area contributed by atoms with Gasteiger partial charge in [-0.2, -0.15) is 0 Å². The van der Waals surface area contributed by atoms with Crippen molar-refractivity contribution < 1.29 is 14.6 Å². The summed E-state index contributed by atoms with van der Waals surface area (Å²) in [6.07, 6.45) is 4.08. The minimum Gasteiger partial charge on any atom is -0.492 e. The van der Waals surface area contributed by atoms with Gasteiger partial charge >= 0.3 is 5.97 Å². The van der Waals surface area contributed by atoms with Gasteiger partial charge in [-0.05, 0) is 37.7 Å². The van der Waals surface area contributed by atoms with E-state index >= 15 is 0 Å². The summed E-state index contributed by atoms with van der Waals surface area (Å²) in [6, 6.07) is 8.29. The summed E-state index contributed by atoms with van der Waals surface area (Å²) < 4.78 is 5.82. The van der Waals surface area contributed by atoms with Crippen molar-refractivity contribution in [2.24, 2.45) is 11.8 Å². The average molecular weight is 260 g/mol. The Morgan fingerprint density at radius 3 is 2.74 bits per heavy atom. The second kappa shape index (κ2) is 4.55. The zero-order chi connectivity index (χ0) is 13.5. The Morgan fingerprint density at radius 2 is 2.05 bits per heavy atom. The molecule has 0 radical (unpaired) electrons. The van der Waals surface area contributed by atoms with Crippen LogP contribution in [0.1, 0.15) is 38.2 Å². The van der Waals surface area contributed by atoms with Gasteiger partial charge in [-0.25, -0.2) is 0 Å². The summed E-state index contributed by atoms with van der Waals surface area (Å²) in [6.45, 7) is 2.60. The van der Waals surface area contributed by atoms with Gasteiger partial charge in [-0.3, -0.25) is 4.79 Å². The molecule has 0 aromatic heterocycles. The highest BCUT2D eigenvalue weighted by atomic mass is 16.5. The minimum absolute atomic E-state index is 0.144. The molecule has 1 atom stereocenters. The number of aliphatic carboxylic acids is 1. The zero-order valence-corrected chi connectivity index (χ0v) is 11.3. The van der Waals surface area contributed by atoms with Gasteiger partial charge in [0.1, 0.15) is 5.75 Å². The molecule has 3 heteroatoms. The van der Waals surface area contributed by atoms with Gasteiger partial charge in [-0.1, -0.05) is 25.1 Å². The molecule has 3 rings (SSSR count). The first kappa shape index (κ1) is 12.5. The molecule has 1 saturated carbocycles. The molecular weight excluding hydrogens is 240 g/mol. The van der Waals surface area contributed by atoms with Crippen LogP contribution in [-0.4, -0.2) is 17.7 Å². The van der Waals surface area contributed by atoms with Crippen LogP contribution in [0.4, 0.5) is 0 Å². The molecule has 1 spiro atoms. The van der Waals surface area contributed by atoms with Crippen molar-refractivity contribution in [1.29, 1.82) is 0 Å². The Balaban J connectivity index is 1.76. The van der Waals surface area contributed by atoms with E-state index in [1.54, 1.807) is 0 Å². The quantitative estimate of drug-likeness (QED) is 0.888. The number of carboxylic acids is 1. The van der Waals surface area contributed by atoms with E-state index in [9.17, 15) is 4.79 Å². The Labute approximate surface area is 113 Å². The predicted molar refractivity (Wildman–Crippen MR) is 72.4 cm³/mol. The van der Waals surface area contributed by atoms with Crippen LogP contribution in [0.3, 0.4) is 0 Å². The Morgan fingerprint density at radius 1 is 1.37 bits per heavy atom. The lowest BCUT2D eigenvalue weighted by Crippen LogP contribution is -2.36. The fourth-order valence-corrected chi connectivity index (χ4v) is 3.63. The number of hydrogen-bond donors (Lipinski definition) is 1. The lowest BCUT2D eigenvalue weighted by atomic mass is 9.65. The highest BCUT2D eigenvalue weighted by Crippen LogP contribution is 2.49. The molecular formula is C16H20O3. The highest BCUT2D eigenvalue weighted by Gasteiger charge is 2.44. The first-order valence-corrected chi connectivity index (χ1v) is 7.07. The van der Waals surface area contributed by atoms with Gasteiger partial charge in [0.25, 0.3) is 0 Å². The summed E-state index contributed by atoms with van der Waals surface area (Å²) in [5, 5.41) is 9.12. The minimum atomic E-state index is -0.663. The molecule has 0 saturated heterocycles. The molecule has 1 unspecified atom stereocenters. The molecule has 1 aliphatic heterocycles. The predicted octanol–water partition coefficient (Wildman–Crippen LogP) is 3.23. The number of ether oxygens (including phenoxy) is 1. The number of para-hydroxylation sites is 1.